The van der Waals surface area contributed by atoms with Gasteiger partial charge in [0, 0.05) is 18.5 Å². The second-order valence-corrected chi connectivity index (χ2v) is 7.51. The molecule has 0 atom stereocenters. The minimum absolute atomic E-state index is 0.0428. The minimum atomic E-state index is -0.182. The van der Waals surface area contributed by atoms with Crippen LogP contribution in [0.15, 0.2) is 42.5 Å². The predicted molar refractivity (Wildman–Crippen MR) is 110 cm³/mol. The van der Waals surface area contributed by atoms with Crippen molar-refractivity contribution in [1.29, 1.82) is 0 Å². The number of nitrogens with one attached hydrogen (secondary N) is 1. The molecule has 138 valence electrons. The molecule has 0 aromatic heterocycles. The topological polar surface area (TPSA) is 49.4 Å². The van der Waals surface area contributed by atoms with Crippen molar-refractivity contribution in [2.75, 3.05) is 24.7 Å². The summed E-state index contributed by atoms with van der Waals surface area (Å²) in [5.74, 6) is 0.925. The third kappa shape index (κ3) is 5.92. The maximum absolute atomic E-state index is 12.2. The van der Waals surface area contributed by atoms with E-state index < -0.39 is 0 Å². The first-order valence-corrected chi connectivity index (χ1v) is 9.75. The summed E-state index contributed by atoms with van der Waals surface area (Å²) in [6.45, 7) is 6.09. The molecule has 4 nitrogen and oxygen atoms in total. The number of anilines is 1. The normalized spacial score (nSPS) is 10.5. The Hall–Kier alpha value is -2.27. The Morgan fingerprint density at radius 1 is 1.08 bits per heavy atom. The standard InChI is InChI=1S/C21H26N2O2S/c1-15-7-5-9-18(11-15)13-26-14-21(25)23(4)12-20(24)22-19-10-6-8-16(2)17(19)3/h5-11H,12-14H2,1-4H3,(H,22,24). The van der Waals surface area contributed by atoms with Gasteiger partial charge >= 0.3 is 0 Å². The van der Waals surface area contributed by atoms with Crippen molar-refractivity contribution in [3.8, 4) is 0 Å². The molecule has 0 heterocycles. The first-order valence-electron chi connectivity index (χ1n) is 8.60. The number of thioether (sulfide) groups is 1. The number of likely N-dealkylation sites (N-methyl/N-ethyl adjacent to an activating group) is 1. The highest BCUT2D eigenvalue weighted by atomic mass is 32.2. The van der Waals surface area contributed by atoms with E-state index in [9.17, 15) is 9.59 Å². The molecule has 2 rings (SSSR count). The van der Waals surface area contributed by atoms with Gasteiger partial charge in [-0.3, -0.25) is 9.59 Å². The molecule has 5 heteroatoms. The van der Waals surface area contributed by atoms with Crippen molar-refractivity contribution < 1.29 is 9.59 Å². The van der Waals surface area contributed by atoms with E-state index in [0.29, 0.717) is 5.75 Å². The lowest BCUT2D eigenvalue weighted by molar-refractivity contribution is -0.131. The van der Waals surface area contributed by atoms with Crippen LogP contribution in [-0.2, 0) is 15.3 Å². The van der Waals surface area contributed by atoms with Gasteiger partial charge in [0.25, 0.3) is 0 Å². The van der Waals surface area contributed by atoms with Gasteiger partial charge in [-0.2, -0.15) is 0 Å². The molecular weight excluding hydrogens is 344 g/mol. The van der Waals surface area contributed by atoms with Gasteiger partial charge in [-0.05, 0) is 43.5 Å². The molecule has 2 aromatic carbocycles. The second kappa shape index (κ2) is 9.43. The fourth-order valence-electron chi connectivity index (χ4n) is 2.55. The van der Waals surface area contributed by atoms with Crippen molar-refractivity contribution >= 4 is 29.3 Å². The van der Waals surface area contributed by atoms with Crippen molar-refractivity contribution in [3.63, 3.8) is 0 Å². The molecule has 0 bridgehead atoms. The van der Waals surface area contributed by atoms with E-state index in [1.165, 1.54) is 16.0 Å². The van der Waals surface area contributed by atoms with Crippen molar-refractivity contribution in [3.05, 3.63) is 64.7 Å². The Kier molecular flexibility index (Phi) is 7.27. The number of amides is 2. The Morgan fingerprint density at radius 2 is 1.81 bits per heavy atom. The highest BCUT2D eigenvalue weighted by Gasteiger charge is 2.14. The van der Waals surface area contributed by atoms with E-state index >= 15 is 0 Å². The zero-order valence-electron chi connectivity index (χ0n) is 15.8. The fraction of sp³-hybridized carbons (Fsp3) is 0.333. The third-order valence-corrected chi connectivity index (χ3v) is 5.25. The van der Waals surface area contributed by atoms with Gasteiger partial charge in [0.1, 0.15) is 0 Å². The van der Waals surface area contributed by atoms with Crippen LogP contribution in [0.1, 0.15) is 22.3 Å². The summed E-state index contributed by atoms with van der Waals surface area (Å²) in [6, 6.07) is 14.1. The van der Waals surface area contributed by atoms with Crippen LogP contribution in [0.3, 0.4) is 0 Å². The maximum atomic E-state index is 12.2. The fourth-order valence-corrected chi connectivity index (χ4v) is 3.46. The van der Waals surface area contributed by atoms with Gasteiger partial charge < -0.3 is 10.2 Å². The molecule has 2 aromatic rings. The number of benzene rings is 2. The summed E-state index contributed by atoms with van der Waals surface area (Å²) in [7, 11) is 1.66. The highest BCUT2D eigenvalue weighted by molar-refractivity contribution is 7.99. The molecule has 26 heavy (non-hydrogen) atoms. The van der Waals surface area contributed by atoms with E-state index in [4.69, 9.17) is 0 Å². The molecule has 1 N–H and O–H groups in total. The molecule has 0 unspecified atom stereocenters. The average molecular weight is 371 g/mol. The Morgan fingerprint density at radius 3 is 2.54 bits per heavy atom. The monoisotopic (exact) mass is 370 g/mol. The minimum Gasteiger partial charge on any atom is -0.336 e. The summed E-state index contributed by atoms with van der Waals surface area (Å²) in [4.78, 5) is 25.9. The summed E-state index contributed by atoms with van der Waals surface area (Å²) in [5, 5.41) is 2.89. The zero-order chi connectivity index (χ0) is 19.1. The molecule has 0 aliphatic heterocycles. The van der Waals surface area contributed by atoms with Gasteiger partial charge in [-0.1, -0.05) is 42.0 Å². The Bertz CT molecular complexity index is 789. The molecule has 0 radical (unpaired) electrons. The van der Waals surface area contributed by atoms with Crippen LogP contribution < -0.4 is 5.32 Å². The van der Waals surface area contributed by atoms with Crippen molar-refractivity contribution in [2.45, 2.75) is 26.5 Å². The largest absolute Gasteiger partial charge is 0.336 e. The predicted octanol–water partition coefficient (Wildman–Crippen LogP) is 3.94. The average Bonchev–Trinajstić information content (AvgIpc) is 2.59. The second-order valence-electron chi connectivity index (χ2n) is 6.53. The summed E-state index contributed by atoms with van der Waals surface area (Å²) in [5.41, 5.74) is 5.39. The van der Waals surface area contributed by atoms with Crippen LogP contribution in [0.4, 0.5) is 5.69 Å². The van der Waals surface area contributed by atoms with Gasteiger partial charge in [0.05, 0.1) is 12.3 Å². The number of hydrogen-bond acceptors (Lipinski definition) is 3. The SMILES string of the molecule is Cc1cccc(CSCC(=O)N(C)CC(=O)Nc2cccc(C)c2C)c1. The van der Waals surface area contributed by atoms with E-state index in [-0.39, 0.29) is 18.4 Å². The molecule has 0 saturated heterocycles. The van der Waals surface area contributed by atoms with E-state index in [2.05, 4.69) is 30.4 Å². The number of rotatable bonds is 7. The van der Waals surface area contributed by atoms with Gasteiger partial charge in [-0.15, -0.1) is 11.8 Å². The summed E-state index contributed by atoms with van der Waals surface area (Å²) in [6.07, 6.45) is 0. The molecular formula is C21H26N2O2S. The number of nitrogens with zero attached hydrogens (tertiary/aromatic N) is 1. The number of aryl methyl sites for hydroxylation is 2. The summed E-state index contributed by atoms with van der Waals surface area (Å²) < 4.78 is 0. The lowest BCUT2D eigenvalue weighted by Gasteiger charge is -2.17. The molecule has 0 fully saturated rings. The lowest BCUT2D eigenvalue weighted by Crippen LogP contribution is -2.36. The van der Waals surface area contributed by atoms with E-state index in [1.54, 1.807) is 18.8 Å². The smallest absolute Gasteiger partial charge is 0.243 e. The Balaban J connectivity index is 1.79. The lowest BCUT2D eigenvalue weighted by atomic mass is 10.1. The first kappa shape index (κ1) is 20.0. The Labute approximate surface area is 160 Å². The van der Waals surface area contributed by atoms with Crippen LogP contribution in [0.2, 0.25) is 0 Å². The summed E-state index contributed by atoms with van der Waals surface area (Å²) >= 11 is 1.56. The van der Waals surface area contributed by atoms with Gasteiger partial charge in [0.15, 0.2) is 0 Å². The molecule has 0 saturated carbocycles. The van der Waals surface area contributed by atoms with Crippen LogP contribution >= 0.6 is 11.8 Å². The van der Waals surface area contributed by atoms with Crippen LogP contribution in [0, 0.1) is 20.8 Å². The van der Waals surface area contributed by atoms with E-state index in [0.717, 1.165) is 22.6 Å². The van der Waals surface area contributed by atoms with Crippen molar-refractivity contribution in [1.82, 2.24) is 4.90 Å². The number of carbonyl (C=O) groups excluding carboxylic acids is 2. The first-order chi connectivity index (χ1) is 12.4. The molecule has 0 aliphatic rings. The highest BCUT2D eigenvalue weighted by Crippen LogP contribution is 2.18. The third-order valence-electron chi connectivity index (χ3n) is 4.26. The van der Waals surface area contributed by atoms with Crippen LogP contribution in [-0.4, -0.2) is 36.1 Å². The molecule has 2 amide bonds. The molecule has 0 spiro atoms. The quantitative estimate of drug-likeness (QED) is 0.803. The van der Waals surface area contributed by atoms with Crippen LogP contribution in [0.25, 0.3) is 0 Å². The van der Waals surface area contributed by atoms with Crippen LogP contribution in [0.5, 0.6) is 0 Å². The molecule has 0 aliphatic carbocycles. The van der Waals surface area contributed by atoms with Gasteiger partial charge in [-0.25, -0.2) is 0 Å². The number of hydrogen-bond donors (Lipinski definition) is 1. The van der Waals surface area contributed by atoms with E-state index in [1.807, 2.05) is 38.1 Å². The van der Waals surface area contributed by atoms with Gasteiger partial charge in [0.2, 0.25) is 11.8 Å². The maximum Gasteiger partial charge on any atom is 0.243 e. The van der Waals surface area contributed by atoms with Crippen molar-refractivity contribution in [2.24, 2.45) is 0 Å². The zero-order valence-corrected chi connectivity index (χ0v) is 16.7. The number of carbonyl (C=O) groups is 2.